The molecule has 1 rings (SSSR count). The highest BCUT2D eigenvalue weighted by atomic mass is 35.5. The molecule has 0 radical (unpaired) electrons. The molecule has 6 nitrogen and oxygen atoms in total. The van der Waals surface area contributed by atoms with Gasteiger partial charge in [-0.15, -0.1) is 0 Å². The van der Waals surface area contributed by atoms with E-state index in [2.05, 4.69) is 0 Å². The summed E-state index contributed by atoms with van der Waals surface area (Å²) in [6.45, 7) is -0.655. The summed E-state index contributed by atoms with van der Waals surface area (Å²) in [6, 6.07) is 2.01. The Labute approximate surface area is 118 Å². The molecule has 0 aromatic heterocycles. The quantitative estimate of drug-likeness (QED) is 0.672. The van der Waals surface area contributed by atoms with E-state index < -0.39 is 44.3 Å². The van der Waals surface area contributed by atoms with Crippen molar-refractivity contribution < 1.29 is 22.7 Å². The number of amides is 1. The Hall–Kier alpha value is -0.930. The molecule has 0 spiro atoms. The zero-order valence-electron chi connectivity index (χ0n) is 9.23. The average Bonchev–Trinajstić information content (AvgIpc) is 2.32. The molecule has 1 aromatic rings. The van der Waals surface area contributed by atoms with E-state index in [1.165, 1.54) is 0 Å². The number of hydrogen-bond acceptors (Lipinski definition) is 4. The summed E-state index contributed by atoms with van der Waals surface area (Å²) in [5.74, 6) is -2.18. The Morgan fingerprint density at radius 2 is 2.05 bits per heavy atom. The number of carbonyl (C=O) groups is 1. The SMILES string of the molecule is NC(=O)C(O)CNS(=O)(=O)c1ccc(Cl)c(F)c1Cl. The predicted molar refractivity (Wildman–Crippen MR) is 66.8 cm³/mol. The molecule has 0 heterocycles. The lowest BCUT2D eigenvalue weighted by Gasteiger charge is -2.11. The van der Waals surface area contributed by atoms with Crippen LogP contribution in [-0.4, -0.2) is 32.1 Å². The van der Waals surface area contributed by atoms with E-state index in [-0.39, 0.29) is 5.02 Å². The van der Waals surface area contributed by atoms with Gasteiger partial charge in [-0.2, -0.15) is 0 Å². The molecule has 0 aliphatic rings. The number of carbonyl (C=O) groups excluding carboxylic acids is 1. The summed E-state index contributed by atoms with van der Waals surface area (Å²) in [5.41, 5.74) is 4.75. The second-order valence-electron chi connectivity index (χ2n) is 3.44. The second-order valence-corrected chi connectivity index (χ2v) is 5.96. The van der Waals surface area contributed by atoms with Crippen LogP contribution in [0.2, 0.25) is 10.0 Å². The highest BCUT2D eigenvalue weighted by Crippen LogP contribution is 2.29. The lowest BCUT2D eigenvalue weighted by molar-refractivity contribution is -0.125. The Balaban J connectivity index is 3.02. The standard InChI is InChI=1S/C9H9Cl2FN2O4S/c10-4-1-2-6(7(11)8(4)12)19(17,18)14-3-5(15)9(13)16/h1-2,5,14-15H,3H2,(H2,13,16). The van der Waals surface area contributed by atoms with Crippen LogP contribution in [0.25, 0.3) is 0 Å². The number of aliphatic hydroxyl groups excluding tert-OH is 1. The maximum Gasteiger partial charge on any atom is 0.247 e. The van der Waals surface area contributed by atoms with Gasteiger partial charge in [0.15, 0.2) is 5.82 Å². The first-order valence-corrected chi connectivity index (χ1v) is 7.01. The number of nitrogens with one attached hydrogen (secondary N) is 1. The van der Waals surface area contributed by atoms with Crippen LogP contribution < -0.4 is 10.5 Å². The number of rotatable bonds is 5. The van der Waals surface area contributed by atoms with E-state index in [4.69, 9.17) is 34.0 Å². The number of hydrogen-bond donors (Lipinski definition) is 3. The number of sulfonamides is 1. The van der Waals surface area contributed by atoms with Crippen molar-refractivity contribution in [3.63, 3.8) is 0 Å². The molecule has 1 atom stereocenters. The van der Waals surface area contributed by atoms with Crippen LogP contribution in [0.1, 0.15) is 0 Å². The van der Waals surface area contributed by atoms with E-state index in [1.54, 1.807) is 0 Å². The first kappa shape index (κ1) is 16.1. The summed E-state index contributed by atoms with van der Waals surface area (Å²) >= 11 is 11.0. The molecule has 1 amide bonds. The van der Waals surface area contributed by atoms with Crippen LogP contribution in [0, 0.1) is 5.82 Å². The highest BCUT2D eigenvalue weighted by Gasteiger charge is 2.23. The molecule has 0 saturated heterocycles. The van der Waals surface area contributed by atoms with Gasteiger partial charge in [-0.1, -0.05) is 23.2 Å². The third-order valence-electron chi connectivity index (χ3n) is 2.08. The molecule has 0 aliphatic heterocycles. The Kier molecular flexibility index (Phi) is 5.11. The van der Waals surface area contributed by atoms with Crippen LogP contribution in [0.4, 0.5) is 4.39 Å². The summed E-state index contributed by atoms with van der Waals surface area (Å²) < 4.78 is 38.8. The molecule has 19 heavy (non-hydrogen) atoms. The van der Waals surface area contributed by atoms with Gasteiger partial charge in [0.2, 0.25) is 15.9 Å². The molecular weight excluding hydrogens is 322 g/mol. The molecule has 0 fully saturated rings. The topological polar surface area (TPSA) is 109 Å². The van der Waals surface area contributed by atoms with Crippen LogP contribution in [0.15, 0.2) is 17.0 Å². The van der Waals surface area contributed by atoms with Crippen molar-refractivity contribution in [2.45, 2.75) is 11.0 Å². The molecule has 1 aromatic carbocycles. The molecule has 0 aliphatic carbocycles. The zero-order valence-corrected chi connectivity index (χ0v) is 11.6. The fourth-order valence-corrected chi connectivity index (χ4v) is 2.86. The Bertz CT molecular complexity index is 608. The minimum Gasteiger partial charge on any atom is -0.382 e. The number of aliphatic hydroxyl groups is 1. The Morgan fingerprint density at radius 3 is 2.58 bits per heavy atom. The molecule has 10 heteroatoms. The lowest BCUT2D eigenvalue weighted by Crippen LogP contribution is -2.40. The third-order valence-corrected chi connectivity index (χ3v) is 4.32. The van der Waals surface area contributed by atoms with Gasteiger partial charge in [0.05, 0.1) is 10.0 Å². The molecule has 1 unspecified atom stereocenters. The van der Waals surface area contributed by atoms with Crippen molar-refractivity contribution in [2.24, 2.45) is 5.73 Å². The second kappa shape index (κ2) is 6.02. The van der Waals surface area contributed by atoms with Crippen molar-refractivity contribution in [2.75, 3.05) is 6.54 Å². The first-order chi connectivity index (χ1) is 8.66. The zero-order chi connectivity index (χ0) is 14.8. The normalized spacial score (nSPS) is 13.3. The summed E-state index contributed by atoms with van der Waals surface area (Å²) in [4.78, 5) is 9.99. The minimum absolute atomic E-state index is 0.332. The van der Waals surface area contributed by atoms with Gasteiger partial charge in [0, 0.05) is 6.54 Å². The summed E-state index contributed by atoms with van der Waals surface area (Å²) in [7, 11) is -4.21. The number of benzene rings is 1. The van der Waals surface area contributed by atoms with Crippen LogP contribution in [0.3, 0.4) is 0 Å². The van der Waals surface area contributed by atoms with Gasteiger partial charge in [-0.25, -0.2) is 17.5 Å². The van der Waals surface area contributed by atoms with Crippen LogP contribution >= 0.6 is 23.2 Å². The van der Waals surface area contributed by atoms with Gasteiger partial charge in [-0.05, 0) is 12.1 Å². The van der Waals surface area contributed by atoms with Gasteiger partial charge in [0.1, 0.15) is 11.0 Å². The van der Waals surface area contributed by atoms with Gasteiger partial charge < -0.3 is 10.8 Å². The van der Waals surface area contributed by atoms with Crippen LogP contribution in [0.5, 0.6) is 0 Å². The molecular formula is C9H9Cl2FN2O4S. The monoisotopic (exact) mass is 330 g/mol. The van der Waals surface area contributed by atoms with Gasteiger partial charge in [-0.3, -0.25) is 4.79 Å². The van der Waals surface area contributed by atoms with E-state index in [0.717, 1.165) is 12.1 Å². The fourth-order valence-electron chi connectivity index (χ4n) is 1.08. The number of nitrogens with two attached hydrogens (primary N) is 1. The average molecular weight is 331 g/mol. The van der Waals surface area contributed by atoms with E-state index in [1.807, 2.05) is 4.72 Å². The summed E-state index contributed by atoms with van der Waals surface area (Å²) in [6.07, 6.45) is -1.70. The third kappa shape index (κ3) is 3.77. The predicted octanol–water partition coefficient (Wildman–Crippen LogP) is 0.257. The highest BCUT2D eigenvalue weighted by molar-refractivity contribution is 7.89. The fraction of sp³-hybridized carbons (Fsp3) is 0.222. The minimum atomic E-state index is -4.21. The van der Waals surface area contributed by atoms with Crippen molar-refractivity contribution in [3.8, 4) is 0 Å². The van der Waals surface area contributed by atoms with E-state index in [0.29, 0.717) is 0 Å². The maximum absolute atomic E-state index is 13.4. The smallest absolute Gasteiger partial charge is 0.247 e. The van der Waals surface area contributed by atoms with Crippen molar-refractivity contribution >= 4 is 39.1 Å². The van der Waals surface area contributed by atoms with Crippen molar-refractivity contribution in [1.29, 1.82) is 0 Å². The molecule has 106 valence electrons. The molecule has 0 bridgehead atoms. The maximum atomic E-state index is 13.4. The lowest BCUT2D eigenvalue weighted by atomic mass is 10.3. The molecule has 4 N–H and O–H groups in total. The summed E-state index contributed by atoms with van der Waals surface area (Å²) in [5, 5.41) is 8.06. The van der Waals surface area contributed by atoms with Gasteiger partial charge >= 0.3 is 0 Å². The van der Waals surface area contributed by atoms with Gasteiger partial charge in [0.25, 0.3) is 0 Å². The largest absolute Gasteiger partial charge is 0.382 e. The number of primary amides is 1. The first-order valence-electron chi connectivity index (χ1n) is 4.77. The van der Waals surface area contributed by atoms with E-state index in [9.17, 15) is 17.6 Å². The molecule has 0 saturated carbocycles. The number of halogens is 3. The van der Waals surface area contributed by atoms with Crippen LogP contribution in [-0.2, 0) is 14.8 Å². The Morgan fingerprint density at radius 1 is 1.47 bits per heavy atom. The van der Waals surface area contributed by atoms with Crippen molar-refractivity contribution in [3.05, 3.63) is 28.0 Å². The van der Waals surface area contributed by atoms with E-state index >= 15 is 0 Å². The van der Waals surface area contributed by atoms with Crippen molar-refractivity contribution in [1.82, 2.24) is 4.72 Å².